The molecule has 0 spiro atoms. The number of likely N-dealkylation sites (tertiary alicyclic amines) is 1. The molecule has 2 rings (SSSR count). The number of pyridine rings is 1. The van der Waals surface area contributed by atoms with Crippen LogP contribution in [0.25, 0.3) is 0 Å². The van der Waals surface area contributed by atoms with E-state index in [4.69, 9.17) is 0 Å². The number of nitrogens with zero attached hydrogens (tertiary/aromatic N) is 2. The fourth-order valence-electron chi connectivity index (χ4n) is 2.79. The van der Waals surface area contributed by atoms with Crippen molar-refractivity contribution >= 4 is 5.91 Å². The standard InChI is InChI=1S/C16H25N3O/c1-19-13-3-2-4-15(19)5-6-16(20)18-12-9-14-7-10-17-11-8-14/h7-8,10-11,15H,2-6,9,12-13H2,1H3,(H,18,20)/t15-/m0/s1. The van der Waals surface area contributed by atoms with Crippen molar-refractivity contribution < 1.29 is 4.79 Å². The van der Waals surface area contributed by atoms with Gasteiger partial charge in [0.2, 0.25) is 5.91 Å². The summed E-state index contributed by atoms with van der Waals surface area (Å²) in [4.78, 5) is 18.2. The highest BCUT2D eigenvalue weighted by molar-refractivity contribution is 5.75. The molecule has 20 heavy (non-hydrogen) atoms. The third-order valence-electron chi connectivity index (χ3n) is 4.11. The summed E-state index contributed by atoms with van der Waals surface area (Å²) in [6.45, 7) is 1.89. The molecule has 0 radical (unpaired) electrons. The Bertz CT molecular complexity index is 407. The number of hydrogen-bond acceptors (Lipinski definition) is 3. The summed E-state index contributed by atoms with van der Waals surface area (Å²) in [7, 11) is 2.17. The monoisotopic (exact) mass is 275 g/mol. The Hall–Kier alpha value is -1.42. The van der Waals surface area contributed by atoms with E-state index in [2.05, 4.69) is 22.2 Å². The molecule has 1 amide bonds. The maximum Gasteiger partial charge on any atom is 0.220 e. The second-order valence-electron chi connectivity index (χ2n) is 5.62. The number of carbonyl (C=O) groups is 1. The number of nitrogens with one attached hydrogen (secondary N) is 1. The second kappa shape index (κ2) is 8.00. The van der Waals surface area contributed by atoms with Gasteiger partial charge in [-0.1, -0.05) is 6.42 Å². The van der Waals surface area contributed by atoms with Crippen LogP contribution >= 0.6 is 0 Å². The molecule has 1 aliphatic rings. The first-order chi connectivity index (χ1) is 9.75. The predicted molar refractivity (Wildman–Crippen MR) is 80.5 cm³/mol. The molecule has 1 atom stereocenters. The van der Waals surface area contributed by atoms with Gasteiger partial charge in [0.05, 0.1) is 0 Å². The van der Waals surface area contributed by atoms with E-state index < -0.39 is 0 Å². The first-order valence-corrected chi connectivity index (χ1v) is 7.61. The Morgan fingerprint density at radius 2 is 2.20 bits per heavy atom. The van der Waals surface area contributed by atoms with Crippen molar-refractivity contribution in [1.29, 1.82) is 0 Å². The van der Waals surface area contributed by atoms with Crippen LogP contribution in [0.2, 0.25) is 0 Å². The lowest BCUT2D eigenvalue weighted by atomic mass is 9.98. The molecule has 1 fully saturated rings. The van der Waals surface area contributed by atoms with Crippen molar-refractivity contribution in [2.24, 2.45) is 0 Å². The highest BCUT2D eigenvalue weighted by Gasteiger charge is 2.19. The molecule has 4 nitrogen and oxygen atoms in total. The average molecular weight is 275 g/mol. The fourth-order valence-corrected chi connectivity index (χ4v) is 2.79. The van der Waals surface area contributed by atoms with Gasteiger partial charge in [0.15, 0.2) is 0 Å². The number of amides is 1. The average Bonchev–Trinajstić information content (AvgIpc) is 2.47. The van der Waals surface area contributed by atoms with Crippen LogP contribution in [0.5, 0.6) is 0 Å². The molecule has 2 heterocycles. The summed E-state index contributed by atoms with van der Waals surface area (Å²) in [6.07, 6.45) is 9.91. The Morgan fingerprint density at radius 1 is 1.40 bits per heavy atom. The molecule has 0 bridgehead atoms. The van der Waals surface area contributed by atoms with Crippen molar-refractivity contribution in [3.05, 3.63) is 30.1 Å². The minimum absolute atomic E-state index is 0.179. The van der Waals surface area contributed by atoms with Crippen LogP contribution < -0.4 is 5.32 Å². The van der Waals surface area contributed by atoms with Gasteiger partial charge in [-0.05, 0) is 57.0 Å². The summed E-state index contributed by atoms with van der Waals surface area (Å²) >= 11 is 0. The Labute approximate surface area is 121 Å². The van der Waals surface area contributed by atoms with Crippen molar-refractivity contribution in [2.45, 2.75) is 44.6 Å². The van der Waals surface area contributed by atoms with Crippen molar-refractivity contribution in [3.8, 4) is 0 Å². The van der Waals surface area contributed by atoms with Crippen LogP contribution in [-0.4, -0.2) is 42.0 Å². The maximum atomic E-state index is 11.8. The van der Waals surface area contributed by atoms with Crippen molar-refractivity contribution in [1.82, 2.24) is 15.2 Å². The number of rotatable bonds is 6. The van der Waals surface area contributed by atoms with Crippen LogP contribution in [0, 0.1) is 0 Å². The SMILES string of the molecule is CN1CCCC[C@H]1CCC(=O)NCCc1ccncc1. The van der Waals surface area contributed by atoms with E-state index in [0.717, 1.165) is 12.8 Å². The summed E-state index contributed by atoms with van der Waals surface area (Å²) in [5, 5.41) is 3.01. The Kier molecular flexibility index (Phi) is 5.99. The molecular weight excluding hydrogens is 250 g/mol. The zero-order chi connectivity index (χ0) is 14.2. The van der Waals surface area contributed by atoms with E-state index in [1.807, 2.05) is 12.1 Å². The van der Waals surface area contributed by atoms with E-state index >= 15 is 0 Å². The number of aromatic nitrogens is 1. The van der Waals surface area contributed by atoms with Crippen LogP contribution in [0.3, 0.4) is 0 Å². The molecule has 1 aromatic heterocycles. The molecule has 0 saturated carbocycles. The van der Waals surface area contributed by atoms with Crippen LogP contribution in [0.4, 0.5) is 0 Å². The quantitative estimate of drug-likeness (QED) is 0.863. The van der Waals surface area contributed by atoms with Gasteiger partial charge in [-0.3, -0.25) is 9.78 Å². The molecule has 4 heteroatoms. The van der Waals surface area contributed by atoms with Gasteiger partial charge < -0.3 is 10.2 Å². The maximum absolute atomic E-state index is 11.8. The third-order valence-corrected chi connectivity index (χ3v) is 4.11. The van der Waals surface area contributed by atoms with Gasteiger partial charge >= 0.3 is 0 Å². The Morgan fingerprint density at radius 3 is 2.95 bits per heavy atom. The molecule has 0 unspecified atom stereocenters. The lowest BCUT2D eigenvalue weighted by Gasteiger charge is -2.32. The minimum Gasteiger partial charge on any atom is -0.356 e. The van der Waals surface area contributed by atoms with Gasteiger partial charge in [-0.15, -0.1) is 0 Å². The van der Waals surface area contributed by atoms with E-state index in [0.29, 0.717) is 19.0 Å². The van der Waals surface area contributed by atoms with E-state index in [9.17, 15) is 4.79 Å². The van der Waals surface area contributed by atoms with E-state index in [1.54, 1.807) is 12.4 Å². The first kappa shape index (κ1) is 15.0. The molecule has 1 saturated heterocycles. The largest absolute Gasteiger partial charge is 0.356 e. The summed E-state index contributed by atoms with van der Waals surface area (Å²) in [5.41, 5.74) is 1.22. The van der Waals surface area contributed by atoms with Gasteiger partial charge in [-0.25, -0.2) is 0 Å². The van der Waals surface area contributed by atoms with Crippen molar-refractivity contribution in [3.63, 3.8) is 0 Å². The molecule has 1 aliphatic heterocycles. The van der Waals surface area contributed by atoms with Crippen LogP contribution in [0.15, 0.2) is 24.5 Å². The molecular formula is C16H25N3O. The van der Waals surface area contributed by atoms with Gasteiger partial charge in [0, 0.05) is 31.4 Å². The Balaban J connectivity index is 1.60. The van der Waals surface area contributed by atoms with Gasteiger partial charge in [-0.2, -0.15) is 0 Å². The lowest BCUT2D eigenvalue weighted by molar-refractivity contribution is -0.121. The molecule has 1 aromatic rings. The minimum atomic E-state index is 0.179. The zero-order valence-electron chi connectivity index (χ0n) is 12.3. The highest BCUT2D eigenvalue weighted by Crippen LogP contribution is 2.18. The third kappa shape index (κ3) is 4.93. The van der Waals surface area contributed by atoms with E-state index in [-0.39, 0.29) is 5.91 Å². The number of piperidine rings is 1. The first-order valence-electron chi connectivity index (χ1n) is 7.61. The smallest absolute Gasteiger partial charge is 0.220 e. The molecule has 0 aromatic carbocycles. The normalized spacial score (nSPS) is 19.8. The summed E-state index contributed by atoms with van der Waals surface area (Å²) in [5.74, 6) is 0.179. The van der Waals surface area contributed by atoms with Crippen LogP contribution in [-0.2, 0) is 11.2 Å². The van der Waals surface area contributed by atoms with E-state index in [1.165, 1.54) is 31.4 Å². The topological polar surface area (TPSA) is 45.2 Å². The molecule has 110 valence electrons. The van der Waals surface area contributed by atoms with Gasteiger partial charge in [0.1, 0.15) is 0 Å². The van der Waals surface area contributed by atoms with Gasteiger partial charge in [0.25, 0.3) is 0 Å². The summed E-state index contributed by atoms with van der Waals surface area (Å²) in [6, 6.07) is 4.57. The fraction of sp³-hybridized carbons (Fsp3) is 0.625. The predicted octanol–water partition coefficient (Wildman–Crippen LogP) is 2.00. The lowest BCUT2D eigenvalue weighted by Crippen LogP contribution is -2.37. The number of hydrogen-bond donors (Lipinski definition) is 1. The zero-order valence-corrected chi connectivity index (χ0v) is 12.3. The molecule has 1 N–H and O–H groups in total. The summed E-state index contributed by atoms with van der Waals surface area (Å²) < 4.78 is 0. The highest BCUT2D eigenvalue weighted by atomic mass is 16.1. The number of carbonyl (C=O) groups excluding carboxylic acids is 1. The van der Waals surface area contributed by atoms with Crippen LogP contribution in [0.1, 0.15) is 37.7 Å². The van der Waals surface area contributed by atoms with Crippen molar-refractivity contribution in [2.75, 3.05) is 20.1 Å². The molecule has 0 aliphatic carbocycles. The second-order valence-corrected chi connectivity index (χ2v) is 5.62.